The molecular weight excluding hydrogens is 206 g/mol. The molecule has 0 radical (unpaired) electrons. The van der Waals surface area contributed by atoms with E-state index in [0.717, 1.165) is 11.1 Å². The Morgan fingerprint density at radius 1 is 1.38 bits per heavy atom. The first-order valence-electron chi connectivity index (χ1n) is 4.94. The summed E-state index contributed by atoms with van der Waals surface area (Å²) in [6.07, 6.45) is 0. The Kier molecular flexibility index (Phi) is 1.92. The smallest absolute Gasteiger partial charge is 0.254 e. The van der Waals surface area contributed by atoms with Gasteiger partial charge in [-0.1, -0.05) is 18.2 Å². The van der Waals surface area contributed by atoms with Crippen LogP contribution in [0.25, 0.3) is 0 Å². The lowest BCUT2D eigenvalue weighted by Crippen LogP contribution is -2.23. The van der Waals surface area contributed by atoms with Crippen molar-refractivity contribution in [2.24, 2.45) is 0 Å². The van der Waals surface area contributed by atoms with Gasteiger partial charge in [-0.05, 0) is 22.1 Å². The summed E-state index contributed by atoms with van der Waals surface area (Å²) in [4.78, 5) is 13.7. The molecule has 0 spiro atoms. The molecule has 80 valence electrons. The quantitative estimate of drug-likeness (QED) is 0.784. The molecule has 1 aromatic heterocycles. The van der Waals surface area contributed by atoms with Crippen LogP contribution in [0.2, 0.25) is 0 Å². The zero-order valence-electron chi connectivity index (χ0n) is 8.42. The van der Waals surface area contributed by atoms with Gasteiger partial charge in [0, 0.05) is 12.1 Å². The van der Waals surface area contributed by atoms with E-state index in [-0.39, 0.29) is 5.91 Å². The highest BCUT2D eigenvalue weighted by atomic mass is 16.2. The van der Waals surface area contributed by atoms with E-state index in [0.29, 0.717) is 18.9 Å². The molecule has 3 rings (SSSR count). The minimum atomic E-state index is 0.0343. The first-order valence-corrected chi connectivity index (χ1v) is 4.94. The van der Waals surface area contributed by atoms with Crippen molar-refractivity contribution in [3.8, 4) is 0 Å². The lowest BCUT2D eigenvalue weighted by Gasteiger charge is -2.12. The summed E-state index contributed by atoms with van der Waals surface area (Å²) in [5.41, 5.74) is 1.83. The van der Waals surface area contributed by atoms with Crippen molar-refractivity contribution in [3.05, 3.63) is 41.2 Å². The molecule has 6 nitrogen and oxygen atoms in total. The van der Waals surface area contributed by atoms with Gasteiger partial charge in [0.05, 0.1) is 6.54 Å². The second-order valence-electron chi connectivity index (χ2n) is 3.67. The number of hydrogen-bond acceptors (Lipinski definition) is 4. The van der Waals surface area contributed by atoms with Gasteiger partial charge in [0.2, 0.25) is 0 Å². The monoisotopic (exact) mass is 215 g/mol. The number of nitrogens with zero attached hydrogens (tertiary/aromatic N) is 4. The Balaban J connectivity index is 1.85. The van der Waals surface area contributed by atoms with Crippen molar-refractivity contribution in [3.63, 3.8) is 0 Å². The Bertz CT molecular complexity index is 520. The van der Waals surface area contributed by atoms with Gasteiger partial charge in [0.1, 0.15) is 0 Å². The van der Waals surface area contributed by atoms with E-state index in [2.05, 4.69) is 20.6 Å². The van der Waals surface area contributed by atoms with E-state index in [9.17, 15) is 4.79 Å². The SMILES string of the molecule is O=C1c2ccccc2CN1Cc1nnn[nH]1. The molecule has 1 aromatic carbocycles. The second-order valence-corrected chi connectivity index (χ2v) is 3.67. The number of tetrazole rings is 1. The maximum Gasteiger partial charge on any atom is 0.254 e. The average molecular weight is 215 g/mol. The summed E-state index contributed by atoms with van der Waals surface area (Å²) < 4.78 is 0. The average Bonchev–Trinajstić information content (AvgIpc) is 2.90. The standard InChI is InChI=1S/C10H9N5O/c16-10-8-4-2-1-3-7(8)5-15(10)6-9-11-13-14-12-9/h1-4H,5-6H2,(H,11,12,13,14). The van der Waals surface area contributed by atoms with E-state index in [1.54, 1.807) is 4.90 Å². The molecule has 0 fully saturated rings. The van der Waals surface area contributed by atoms with Gasteiger partial charge in [-0.2, -0.15) is 0 Å². The fourth-order valence-electron chi connectivity index (χ4n) is 1.87. The summed E-state index contributed by atoms with van der Waals surface area (Å²) in [5, 5.41) is 13.4. The van der Waals surface area contributed by atoms with E-state index in [1.165, 1.54) is 0 Å². The molecule has 16 heavy (non-hydrogen) atoms. The maximum atomic E-state index is 12.0. The maximum absolute atomic E-state index is 12.0. The van der Waals surface area contributed by atoms with Gasteiger partial charge in [0.25, 0.3) is 5.91 Å². The van der Waals surface area contributed by atoms with Gasteiger partial charge in [0.15, 0.2) is 5.82 Å². The lowest BCUT2D eigenvalue weighted by molar-refractivity contribution is 0.0762. The number of carbonyl (C=O) groups excluding carboxylic acids is 1. The van der Waals surface area contributed by atoms with Crippen molar-refractivity contribution in [2.75, 3.05) is 0 Å². The number of aromatic nitrogens is 4. The third kappa shape index (κ3) is 1.35. The van der Waals surface area contributed by atoms with Crippen LogP contribution in [0, 0.1) is 0 Å². The topological polar surface area (TPSA) is 74.8 Å². The molecular formula is C10H9N5O. The molecule has 1 aliphatic heterocycles. The molecule has 1 amide bonds. The third-order valence-electron chi connectivity index (χ3n) is 2.63. The fraction of sp³-hybridized carbons (Fsp3) is 0.200. The molecule has 0 aliphatic carbocycles. The number of carbonyl (C=O) groups is 1. The predicted octanol–water partition coefficient (Wildman–Crippen LogP) is 0.356. The highest BCUT2D eigenvalue weighted by molar-refractivity contribution is 5.98. The Morgan fingerprint density at radius 3 is 3.00 bits per heavy atom. The van der Waals surface area contributed by atoms with Crippen LogP contribution in [0.3, 0.4) is 0 Å². The van der Waals surface area contributed by atoms with Crippen LogP contribution in [0.5, 0.6) is 0 Å². The van der Waals surface area contributed by atoms with Gasteiger partial charge in [-0.25, -0.2) is 5.10 Å². The van der Waals surface area contributed by atoms with Crippen LogP contribution in [-0.2, 0) is 13.1 Å². The number of H-pyrrole nitrogens is 1. The molecule has 0 atom stereocenters. The number of rotatable bonds is 2. The van der Waals surface area contributed by atoms with Crippen molar-refractivity contribution >= 4 is 5.91 Å². The minimum absolute atomic E-state index is 0.0343. The summed E-state index contributed by atoms with van der Waals surface area (Å²) in [7, 11) is 0. The van der Waals surface area contributed by atoms with Crippen molar-refractivity contribution in [1.82, 2.24) is 25.5 Å². The van der Waals surface area contributed by atoms with Crippen LogP contribution < -0.4 is 0 Å². The third-order valence-corrected chi connectivity index (χ3v) is 2.63. The number of aromatic amines is 1. The van der Waals surface area contributed by atoms with Crippen LogP contribution in [0.4, 0.5) is 0 Å². The number of nitrogens with one attached hydrogen (secondary N) is 1. The highest BCUT2D eigenvalue weighted by Gasteiger charge is 2.27. The highest BCUT2D eigenvalue weighted by Crippen LogP contribution is 2.22. The lowest BCUT2D eigenvalue weighted by atomic mass is 10.1. The molecule has 0 bridgehead atoms. The zero-order valence-corrected chi connectivity index (χ0v) is 8.42. The number of hydrogen-bond donors (Lipinski definition) is 1. The van der Waals surface area contributed by atoms with Crippen molar-refractivity contribution < 1.29 is 4.79 Å². The summed E-state index contributed by atoms with van der Waals surface area (Å²) in [6.45, 7) is 1.04. The second kappa shape index (κ2) is 3.41. The number of amides is 1. The van der Waals surface area contributed by atoms with Crippen LogP contribution >= 0.6 is 0 Å². The summed E-state index contributed by atoms with van der Waals surface area (Å²) in [5.74, 6) is 0.633. The number of fused-ring (bicyclic) bond motifs is 1. The fourth-order valence-corrected chi connectivity index (χ4v) is 1.87. The Hall–Kier alpha value is -2.24. The van der Waals surface area contributed by atoms with Crippen LogP contribution in [-0.4, -0.2) is 31.4 Å². The molecule has 2 aromatic rings. The first-order chi connectivity index (χ1) is 7.84. The van der Waals surface area contributed by atoms with E-state index in [4.69, 9.17) is 0 Å². The van der Waals surface area contributed by atoms with E-state index >= 15 is 0 Å². The number of benzene rings is 1. The predicted molar refractivity (Wildman–Crippen MR) is 54.2 cm³/mol. The van der Waals surface area contributed by atoms with Crippen molar-refractivity contribution in [1.29, 1.82) is 0 Å². The van der Waals surface area contributed by atoms with Gasteiger partial charge >= 0.3 is 0 Å². The Morgan fingerprint density at radius 2 is 2.25 bits per heavy atom. The summed E-state index contributed by atoms with van der Waals surface area (Å²) in [6, 6.07) is 7.62. The molecule has 2 heterocycles. The van der Waals surface area contributed by atoms with Gasteiger partial charge in [-0.15, -0.1) is 5.10 Å². The molecule has 0 unspecified atom stereocenters. The van der Waals surface area contributed by atoms with E-state index < -0.39 is 0 Å². The molecule has 0 saturated carbocycles. The molecule has 1 N–H and O–H groups in total. The normalized spacial score (nSPS) is 14.2. The first kappa shape index (κ1) is 9.02. The zero-order chi connectivity index (χ0) is 11.0. The van der Waals surface area contributed by atoms with E-state index in [1.807, 2.05) is 24.3 Å². The van der Waals surface area contributed by atoms with Crippen LogP contribution in [0.1, 0.15) is 21.7 Å². The largest absolute Gasteiger partial charge is 0.327 e. The molecule has 1 aliphatic rings. The van der Waals surface area contributed by atoms with Crippen LogP contribution in [0.15, 0.2) is 24.3 Å². The van der Waals surface area contributed by atoms with Crippen molar-refractivity contribution in [2.45, 2.75) is 13.1 Å². The Labute approximate surface area is 91.3 Å². The summed E-state index contributed by atoms with van der Waals surface area (Å²) >= 11 is 0. The van der Waals surface area contributed by atoms with Gasteiger partial charge < -0.3 is 4.90 Å². The molecule has 0 saturated heterocycles. The molecule has 6 heteroatoms. The van der Waals surface area contributed by atoms with Gasteiger partial charge in [-0.3, -0.25) is 4.79 Å². The minimum Gasteiger partial charge on any atom is -0.327 e.